The predicted octanol–water partition coefficient (Wildman–Crippen LogP) is 1.79. The zero-order valence-electron chi connectivity index (χ0n) is 9.27. The molecule has 1 aromatic rings. The lowest BCUT2D eigenvalue weighted by atomic mass is 10.1. The van der Waals surface area contributed by atoms with Gasteiger partial charge >= 0.3 is 0 Å². The van der Waals surface area contributed by atoms with Crippen LogP contribution < -0.4 is 10.6 Å². The highest BCUT2D eigenvalue weighted by Crippen LogP contribution is 2.24. The van der Waals surface area contributed by atoms with Gasteiger partial charge in [-0.05, 0) is 25.1 Å². The van der Waals surface area contributed by atoms with E-state index in [4.69, 9.17) is 29.6 Å². The standard InChI is InChI=1S/C11H15ClN2OS/c1-7(15)6-14(2)10-5-8(12)3-4-9(10)11(13)16/h3-5,7,15H,6H2,1-2H3,(H2,13,16). The molecule has 1 unspecified atom stereocenters. The Labute approximate surface area is 106 Å². The van der Waals surface area contributed by atoms with Crippen LogP contribution in [0.1, 0.15) is 12.5 Å². The van der Waals surface area contributed by atoms with Gasteiger partial charge in [-0.2, -0.15) is 0 Å². The normalized spacial score (nSPS) is 12.2. The van der Waals surface area contributed by atoms with Crippen molar-refractivity contribution in [2.75, 3.05) is 18.5 Å². The Balaban J connectivity index is 3.09. The summed E-state index contributed by atoms with van der Waals surface area (Å²) in [6, 6.07) is 5.33. The fraction of sp³-hybridized carbons (Fsp3) is 0.364. The molecular formula is C11H15ClN2OS. The van der Waals surface area contributed by atoms with Crippen molar-refractivity contribution in [1.29, 1.82) is 0 Å². The molecular weight excluding hydrogens is 244 g/mol. The number of nitrogens with two attached hydrogens (primary N) is 1. The number of hydrogen-bond donors (Lipinski definition) is 2. The molecule has 88 valence electrons. The first-order chi connectivity index (χ1) is 7.41. The molecule has 0 saturated heterocycles. The van der Waals surface area contributed by atoms with E-state index in [0.29, 0.717) is 16.6 Å². The van der Waals surface area contributed by atoms with Gasteiger partial charge in [0.2, 0.25) is 0 Å². The number of hydrogen-bond acceptors (Lipinski definition) is 3. The van der Waals surface area contributed by atoms with Crippen LogP contribution in [0.25, 0.3) is 0 Å². The maximum absolute atomic E-state index is 9.34. The van der Waals surface area contributed by atoms with E-state index in [0.717, 1.165) is 11.3 Å². The number of benzene rings is 1. The maximum atomic E-state index is 9.34. The minimum Gasteiger partial charge on any atom is -0.392 e. The summed E-state index contributed by atoms with van der Waals surface area (Å²) < 4.78 is 0. The van der Waals surface area contributed by atoms with Crippen LogP contribution in [0.15, 0.2) is 18.2 Å². The summed E-state index contributed by atoms with van der Waals surface area (Å²) in [5, 5.41) is 9.96. The minimum atomic E-state index is -0.428. The van der Waals surface area contributed by atoms with Crippen molar-refractivity contribution >= 4 is 34.5 Å². The van der Waals surface area contributed by atoms with E-state index in [1.54, 1.807) is 25.1 Å². The van der Waals surface area contributed by atoms with E-state index in [-0.39, 0.29) is 0 Å². The van der Waals surface area contributed by atoms with Crippen molar-refractivity contribution in [1.82, 2.24) is 0 Å². The van der Waals surface area contributed by atoms with Crippen molar-refractivity contribution in [2.45, 2.75) is 13.0 Å². The van der Waals surface area contributed by atoms with E-state index >= 15 is 0 Å². The maximum Gasteiger partial charge on any atom is 0.106 e. The second kappa shape index (κ2) is 5.48. The van der Waals surface area contributed by atoms with Gasteiger partial charge in [-0.1, -0.05) is 23.8 Å². The Morgan fingerprint density at radius 2 is 2.25 bits per heavy atom. The zero-order valence-corrected chi connectivity index (χ0v) is 10.8. The molecule has 0 aromatic heterocycles. The van der Waals surface area contributed by atoms with E-state index < -0.39 is 6.10 Å². The Kier molecular flexibility index (Phi) is 4.53. The van der Waals surface area contributed by atoms with Gasteiger partial charge in [-0.3, -0.25) is 0 Å². The molecule has 1 aromatic carbocycles. The zero-order chi connectivity index (χ0) is 12.3. The highest BCUT2D eigenvalue weighted by Gasteiger charge is 2.11. The highest BCUT2D eigenvalue weighted by molar-refractivity contribution is 7.80. The molecule has 1 rings (SSSR count). The molecule has 0 amide bonds. The van der Waals surface area contributed by atoms with Gasteiger partial charge in [0.1, 0.15) is 4.99 Å². The topological polar surface area (TPSA) is 49.5 Å². The summed E-state index contributed by atoms with van der Waals surface area (Å²) in [6.07, 6.45) is -0.428. The van der Waals surface area contributed by atoms with Crippen LogP contribution in [0, 0.1) is 0 Å². The third kappa shape index (κ3) is 3.33. The molecule has 3 nitrogen and oxygen atoms in total. The lowest BCUT2D eigenvalue weighted by Gasteiger charge is -2.23. The first kappa shape index (κ1) is 13.2. The quantitative estimate of drug-likeness (QED) is 0.809. The number of nitrogens with zero attached hydrogens (tertiary/aromatic N) is 1. The van der Waals surface area contributed by atoms with Crippen LogP contribution in [0.5, 0.6) is 0 Å². The van der Waals surface area contributed by atoms with Crippen LogP contribution in [0.3, 0.4) is 0 Å². The molecule has 0 saturated carbocycles. The Morgan fingerprint density at radius 1 is 1.62 bits per heavy atom. The van der Waals surface area contributed by atoms with Crippen molar-refractivity contribution < 1.29 is 5.11 Å². The molecule has 0 aliphatic carbocycles. The summed E-state index contributed by atoms with van der Waals surface area (Å²) >= 11 is 10.9. The van der Waals surface area contributed by atoms with Crippen molar-refractivity contribution in [2.24, 2.45) is 5.73 Å². The predicted molar refractivity (Wildman–Crippen MR) is 72.3 cm³/mol. The minimum absolute atomic E-state index is 0.323. The second-order valence-electron chi connectivity index (χ2n) is 3.76. The largest absolute Gasteiger partial charge is 0.392 e. The average molecular weight is 259 g/mol. The van der Waals surface area contributed by atoms with Crippen LogP contribution in [0.4, 0.5) is 5.69 Å². The number of thiocarbonyl (C=S) groups is 1. The van der Waals surface area contributed by atoms with Gasteiger partial charge in [-0.25, -0.2) is 0 Å². The third-order valence-electron chi connectivity index (χ3n) is 2.17. The molecule has 0 aliphatic heterocycles. The Morgan fingerprint density at radius 3 is 2.75 bits per heavy atom. The molecule has 0 fully saturated rings. The highest BCUT2D eigenvalue weighted by atomic mass is 35.5. The summed E-state index contributed by atoms with van der Waals surface area (Å²) in [5.74, 6) is 0. The summed E-state index contributed by atoms with van der Waals surface area (Å²) in [4.78, 5) is 2.20. The molecule has 0 heterocycles. The lowest BCUT2D eigenvalue weighted by molar-refractivity contribution is 0.201. The van der Waals surface area contributed by atoms with Gasteiger partial charge < -0.3 is 15.7 Å². The van der Waals surface area contributed by atoms with E-state index in [1.165, 1.54) is 0 Å². The molecule has 0 aliphatic rings. The van der Waals surface area contributed by atoms with Gasteiger partial charge in [0, 0.05) is 29.9 Å². The third-order valence-corrected chi connectivity index (χ3v) is 2.63. The lowest BCUT2D eigenvalue weighted by Crippen LogP contribution is -2.29. The van der Waals surface area contributed by atoms with E-state index in [1.807, 2.05) is 11.9 Å². The molecule has 3 N–H and O–H groups in total. The molecule has 16 heavy (non-hydrogen) atoms. The number of anilines is 1. The molecule has 5 heteroatoms. The summed E-state index contributed by atoms with van der Waals surface area (Å²) in [6.45, 7) is 2.22. The van der Waals surface area contributed by atoms with Crippen molar-refractivity contribution in [3.63, 3.8) is 0 Å². The monoisotopic (exact) mass is 258 g/mol. The SMILES string of the molecule is CC(O)CN(C)c1cc(Cl)ccc1C(N)=S. The molecule has 0 spiro atoms. The number of aliphatic hydroxyl groups excluding tert-OH is 1. The van der Waals surface area contributed by atoms with E-state index in [2.05, 4.69) is 0 Å². The van der Waals surface area contributed by atoms with Gasteiger partial charge in [0.25, 0.3) is 0 Å². The van der Waals surface area contributed by atoms with Gasteiger partial charge in [0.05, 0.1) is 6.10 Å². The molecule has 0 bridgehead atoms. The first-order valence-corrected chi connectivity index (χ1v) is 5.69. The molecule has 1 atom stereocenters. The summed E-state index contributed by atoms with van der Waals surface area (Å²) in [5.41, 5.74) is 7.23. The number of halogens is 1. The smallest absolute Gasteiger partial charge is 0.106 e. The van der Waals surface area contributed by atoms with Crippen LogP contribution in [0.2, 0.25) is 5.02 Å². The number of rotatable bonds is 4. The molecule has 0 radical (unpaired) electrons. The van der Waals surface area contributed by atoms with Gasteiger partial charge in [-0.15, -0.1) is 0 Å². The van der Waals surface area contributed by atoms with Crippen LogP contribution in [-0.4, -0.2) is 29.8 Å². The van der Waals surface area contributed by atoms with Crippen molar-refractivity contribution in [3.8, 4) is 0 Å². The number of likely N-dealkylation sites (N-methyl/N-ethyl adjacent to an activating group) is 1. The summed E-state index contributed by atoms with van der Waals surface area (Å²) in [7, 11) is 1.86. The first-order valence-electron chi connectivity index (χ1n) is 4.90. The second-order valence-corrected chi connectivity index (χ2v) is 4.63. The van der Waals surface area contributed by atoms with Crippen molar-refractivity contribution in [3.05, 3.63) is 28.8 Å². The fourth-order valence-corrected chi connectivity index (χ4v) is 1.86. The van der Waals surface area contributed by atoms with Gasteiger partial charge in [0.15, 0.2) is 0 Å². The van der Waals surface area contributed by atoms with Crippen LogP contribution in [-0.2, 0) is 0 Å². The van der Waals surface area contributed by atoms with Crippen LogP contribution >= 0.6 is 23.8 Å². The average Bonchev–Trinajstić information content (AvgIpc) is 2.15. The Bertz CT molecular complexity index is 396. The van der Waals surface area contributed by atoms with E-state index in [9.17, 15) is 5.11 Å². The Hall–Kier alpha value is -0.840. The number of aliphatic hydroxyl groups is 1. The fourth-order valence-electron chi connectivity index (χ4n) is 1.52.